The molecule has 0 aromatic carbocycles. The van der Waals surface area contributed by atoms with Crippen LogP contribution in [0.15, 0.2) is 24.8 Å². The second-order valence-electron chi connectivity index (χ2n) is 3.67. The van der Waals surface area contributed by atoms with Crippen molar-refractivity contribution in [2.24, 2.45) is 0 Å². The molecule has 0 saturated heterocycles. The van der Waals surface area contributed by atoms with Crippen LogP contribution in [0.1, 0.15) is 6.42 Å². The van der Waals surface area contributed by atoms with Gasteiger partial charge in [0, 0.05) is 25.5 Å². The Balaban J connectivity index is 1.92. The Morgan fingerprint density at radius 1 is 1.47 bits per heavy atom. The van der Waals surface area contributed by atoms with Crippen molar-refractivity contribution in [3.05, 3.63) is 40.1 Å². The zero-order chi connectivity index (χ0) is 13.7. The normalized spacial score (nSPS) is 10.4. The fraction of sp³-hybridized carbons (Fsp3) is 0.300. The number of hydrogen-bond acceptors (Lipinski definition) is 6. The largest absolute Gasteiger partial charge is 0.364 e. The van der Waals surface area contributed by atoms with E-state index in [4.69, 9.17) is 11.6 Å². The summed E-state index contributed by atoms with van der Waals surface area (Å²) in [4.78, 5) is 17.7. The molecule has 8 nitrogen and oxygen atoms in total. The minimum atomic E-state index is -0.599. The van der Waals surface area contributed by atoms with Crippen LogP contribution in [0.25, 0.3) is 0 Å². The van der Waals surface area contributed by atoms with Crippen LogP contribution in [0.2, 0.25) is 5.15 Å². The summed E-state index contributed by atoms with van der Waals surface area (Å²) >= 11 is 5.67. The summed E-state index contributed by atoms with van der Waals surface area (Å²) in [5, 5.41) is 17.6. The highest BCUT2D eigenvalue weighted by molar-refractivity contribution is 6.31. The van der Waals surface area contributed by atoms with E-state index in [0.717, 1.165) is 6.42 Å². The zero-order valence-corrected chi connectivity index (χ0v) is 10.6. The second kappa shape index (κ2) is 6.10. The number of aryl methyl sites for hydroxylation is 1. The number of halogens is 1. The number of hydrogen-bond donors (Lipinski definition) is 1. The Kier molecular flexibility index (Phi) is 4.24. The van der Waals surface area contributed by atoms with E-state index in [9.17, 15) is 10.1 Å². The first kappa shape index (κ1) is 13.2. The van der Waals surface area contributed by atoms with Crippen LogP contribution >= 0.6 is 11.6 Å². The predicted molar refractivity (Wildman–Crippen MR) is 69.0 cm³/mol. The van der Waals surface area contributed by atoms with Crippen LogP contribution in [0.3, 0.4) is 0 Å². The summed E-state index contributed by atoms with van der Waals surface area (Å²) in [6, 6.07) is 1.84. The lowest BCUT2D eigenvalue weighted by Crippen LogP contribution is -2.10. The third-order valence-electron chi connectivity index (χ3n) is 2.38. The molecule has 0 unspecified atom stereocenters. The van der Waals surface area contributed by atoms with E-state index in [2.05, 4.69) is 20.4 Å². The van der Waals surface area contributed by atoms with Gasteiger partial charge in [0.05, 0.1) is 4.92 Å². The molecule has 0 aliphatic heterocycles. The van der Waals surface area contributed by atoms with Gasteiger partial charge in [-0.05, 0) is 12.5 Å². The lowest BCUT2D eigenvalue weighted by molar-refractivity contribution is -0.384. The highest BCUT2D eigenvalue weighted by atomic mass is 35.5. The van der Waals surface area contributed by atoms with Gasteiger partial charge in [0.15, 0.2) is 0 Å². The van der Waals surface area contributed by atoms with Crippen molar-refractivity contribution in [2.75, 3.05) is 11.9 Å². The molecule has 2 aromatic heterocycles. The van der Waals surface area contributed by atoms with Crippen molar-refractivity contribution >= 4 is 23.1 Å². The van der Waals surface area contributed by atoms with Crippen molar-refractivity contribution in [1.29, 1.82) is 0 Å². The molecular weight excluding hydrogens is 272 g/mol. The number of nitrogens with zero attached hydrogens (tertiary/aromatic N) is 5. The molecule has 0 spiro atoms. The van der Waals surface area contributed by atoms with E-state index in [1.165, 1.54) is 6.33 Å². The molecule has 2 rings (SSSR count). The van der Waals surface area contributed by atoms with Crippen molar-refractivity contribution in [3.8, 4) is 0 Å². The standard InChI is InChI=1S/C10H11ClN6O2/c11-9-8(17(18)19)10(14-7-13-9)12-3-1-5-16-6-2-4-15-16/h2,4,6-7H,1,3,5H2,(H,12,13,14). The Labute approximate surface area is 113 Å². The van der Waals surface area contributed by atoms with Crippen LogP contribution in [0.4, 0.5) is 11.5 Å². The zero-order valence-electron chi connectivity index (χ0n) is 9.86. The molecule has 0 aliphatic carbocycles. The molecule has 0 atom stereocenters. The van der Waals surface area contributed by atoms with E-state index in [0.29, 0.717) is 13.1 Å². The van der Waals surface area contributed by atoms with Crippen LogP contribution in [-0.4, -0.2) is 31.2 Å². The summed E-state index contributed by atoms with van der Waals surface area (Å²) in [6.45, 7) is 1.24. The third-order valence-corrected chi connectivity index (χ3v) is 2.65. The number of anilines is 1. The molecule has 0 saturated carbocycles. The Hall–Kier alpha value is -2.22. The van der Waals surface area contributed by atoms with Gasteiger partial charge in [-0.25, -0.2) is 9.97 Å². The van der Waals surface area contributed by atoms with Crippen LogP contribution in [-0.2, 0) is 6.54 Å². The first-order chi connectivity index (χ1) is 9.18. The summed E-state index contributed by atoms with van der Waals surface area (Å²) in [5.74, 6) is 0.130. The van der Waals surface area contributed by atoms with Gasteiger partial charge < -0.3 is 5.32 Å². The molecule has 0 amide bonds. The fourth-order valence-corrected chi connectivity index (χ4v) is 1.73. The molecule has 0 aliphatic rings. The molecule has 19 heavy (non-hydrogen) atoms. The lowest BCUT2D eigenvalue weighted by Gasteiger charge is -2.06. The van der Waals surface area contributed by atoms with E-state index < -0.39 is 4.92 Å². The second-order valence-corrected chi connectivity index (χ2v) is 4.03. The van der Waals surface area contributed by atoms with Gasteiger partial charge in [0.1, 0.15) is 6.33 Å². The smallest absolute Gasteiger partial charge is 0.348 e. The summed E-state index contributed by atoms with van der Waals surface area (Å²) in [6.07, 6.45) is 5.48. The topological polar surface area (TPSA) is 98.8 Å². The third kappa shape index (κ3) is 3.38. The highest BCUT2D eigenvalue weighted by Gasteiger charge is 2.20. The molecule has 0 bridgehead atoms. The van der Waals surface area contributed by atoms with Gasteiger partial charge in [-0.3, -0.25) is 14.8 Å². The first-order valence-electron chi connectivity index (χ1n) is 5.54. The van der Waals surface area contributed by atoms with Crippen molar-refractivity contribution < 1.29 is 4.92 Å². The van der Waals surface area contributed by atoms with Gasteiger partial charge >= 0.3 is 5.69 Å². The van der Waals surface area contributed by atoms with Gasteiger partial charge in [0.2, 0.25) is 11.0 Å². The first-order valence-corrected chi connectivity index (χ1v) is 5.92. The Bertz CT molecular complexity index is 559. The van der Waals surface area contributed by atoms with Gasteiger partial charge in [-0.15, -0.1) is 0 Å². The molecule has 0 fully saturated rings. The fourth-order valence-electron chi connectivity index (χ4n) is 1.53. The van der Waals surface area contributed by atoms with Gasteiger partial charge in [0.25, 0.3) is 0 Å². The monoisotopic (exact) mass is 282 g/mol. The van der Waals surface area contributed by atoms with Crippen LogP contribution in [0, 0.1) is 10.1 Å². The molecule has 9 heteroatoms. The average molecular weight is 283 g/mol. The summed E-state index contributed by atoms with van der Waals surface area (Å²) in [7, 11) is 0. The van der Waals surface area contributed by atoms with E-state index in [1.807, 2.05) is 12.3 Å². The maximum atomic E-state index is 10.8. The van der Waals surface area contributed by atoms with Crippen molar-refractivity contribution in [2.45, 2.75) is 13.0 Å². The number of nitro groups is 1. The van der Waals surface area contributed by atoms with Gasteiger partial charge in [-0.1, -0.05) is 11.6 Å². The van der Waals surface area contributed by atoms with Crippen LogP contribution in [0.5, 0.6) is 0 Å². The van der Waals surface area contributed by atoms with Crippen molar-refractivity contribution in [3.63, 3.8) is 0 Å². The Morgan fingerprint density at radius 2 is 2.32 bits per heavy atom. The molecular formula is C10H11ClN6O2. The maximum absolute atomic E-state index is 10.8. The molecule has 2 aromatic rings. The van der Waals surface area contributed by atoms with Crippen LogP contribution < -0.4 is 5.32 Å². The van der Waals surface area contributed by atoms with Gasteiger partial charge in [-0.2, -0.15) is 5.10 Å². The Morgan fingerprint density at radius 3 is 3.00 bits per heavy atom. The van der Waals surface area contributed by atoms with E-state index >= 15 is 0 Å². The SMILES string of the molecule is O=[N+]([O-])c1c(Cl)ncnc1NCCCn1cccn1. The lowest BCUT2D eigenvalue weighted by atomic mass is 10.4. The number of nitrogens with one attached hydrogen (secondary N) is 1. The van der Waals surface area contributed by atoms with E-state index in [1.54, 1.807) is 10.9 Å². The predicted octanol–water partition coefficient (Wildman–Crippen LogP) is 1.74. The molecule has 0 radical (unpaired) electrons. The molecule has 100 valence electrons. The number of aromatic nitrogens is 4. The quantitative estimate of drug-likeness (QED) is 0.375. The van der Waals surface area contributed by atoms with E-state index in [-0.39, 0.29) is 16.7 Å². The summed E-state index contributed by atoms with van der Waals surface area (Å²) < 4.78 is 1.78. The minimum Gasteiger partial charge on any atom is -0.364 e. The number of rotatable bonds is 6. The average Bonchev–Trinajstić information content (AvgIpc) is 2.87. The highest BCUT2D eigenvalue weighted by Crippen LogP contribution is 2.27. The molecule has 1 N–H and O–H groups in total. The molecule has 2 heterocycles. The maximum Gasteiger partial charge on any atom is 0.348 e. The van der Waals surface area contributed by atoms with Crippen molar-refractivity contribution in [1.82, 2.24) is 19.7 Å². The summed E-state index contributed by atoms with van der Waals surface area (Å²) in [5.41, 5.74) is -0.303. The minimum absolute atomic E-state index is 0.130.